The molecule has 0 aliphatic carbocycles. The largest absolute Gasteiger partial charge is 0.321 e. The molecule has 17 heavy (non-hydrogen) atoms. The number of halogens is 1. The Morgan fingerprint density at radius 3 is 2.29 bits per heavy atom. The molecule has 2 aromatic rings. The summed E-state index contributed by atoms with van der Waals surface area (Å²) < 4.78 is 3.76. The van der Waals surface area contributed by atoms with E-state index < -0.39 is 0 Å². The van der Waals surface area contributed by atoms with E-state index in [9.17, 15) is 0 Å². The molecule has 1 N–H and O–H groups in total. The van der Waals surface area contributed by atoms with Crippen molar-refractivity contribution in [2.75, 3.05) is 5.43 Å². The summed E-state index contributed by atoms with van der Waals surface area (Å²) in [6.45, 7) is 6.78. The minimum atomic E-state index is 0.675. The van der Waals surface area contributed by atoms with Gasteiger partial charge in [0.15, 0.2) is 0 Å². The number of hydrogen-bond donors (Lipinski definition) is 1. The predicted molar refractivity (Wildman–Crippen MR) is 69.9 cm³/mol. The maximum absolute atomic E-state index is 6.19. The Morgan fingerprint density at radius 2 is 1.82 bits per heavy atom. The Hall–Kier alpha value is -1.42. The molecule has 0 amide bonds. The van der Waals surface area contributed by atoms with Gasteiger partial charge in [-0.05, 0) is 32.9 Å². The van der Waals surface area contributed by atoms with Crippen molar-refractivity contribution in [3.63, 3.8) is 0 Å². The van der Waals surface area contributed by atoms with E-state index in [1.54, 1.807) is 4.68 Å². The van der Waals surface area contributed by atoms with Gasteiger partial charge in [0, 0.05) is 24.0 Å². The SMILES string of the molecule is Cc1nn(C)c(Cl)c1CNn1c(C)ccc1C. The molecule has 0 radical (unpaired) electrons. The van der Waals surface area contributed by atoms with Crippen LogP contribution in [0.2, 0.25) is 5.15 Å². The van der Waals surface area contributed by atoms with Crippen molar-refractivity contribution in [3.8, 4) is 0 Å². The van der Waals surface area contributed by atoms with E-state index in [0.717, 1.165) is 11.3 Å². The second-order valence-corrected chi connectivity index (χ2v) is 4.62. The average Bonchev–Trinajstić information content (AvgIpc) is 2.70. The third-order valence-electron chi connectivity index (χ3n) is 2.95. The first-order chi connectivity index (χ1) is 8.00. The summed E-state index contributed by atoms with van der Waals surface area (Å²) in [4.78, 5) is 0. The van der Waals surface area contributed by atoms with Gasteiger partial charge in [-0.15, -0.1) is 0 Å². The van der Waals surface area contributed by atoms with Gasteiger partial charge in [-0.25, -0.2) is 0 Å². The minimum Gasteiger partial charge on any atom is -0.321 e. The molecule has 0 fully saturated rings. The highest BCUT2D eigenvalue weighted by Crippen LogP contribution is 2.18. The van der Waals surface area contributed by atoms with Crippen molar-refractivity contribution in [2.45, 2.75) is 27.3 Å². The van der Waals surface area contributed by atoms with E-state index in [2.05, 4.69) is 41.2 Å². The summed E-state index contributed by atoms with van der Waals surface area (Å²) in [5.41, 5.74) is 7.72. The van der Waals surface area contributed by atoms with Crippen molar-refractivity contribution in [2.24, 2.45) is 7.05 Å². The first-order valence-electron chi connectivity index (χ1n) is 5.57. The van der Waals surface area contributed by atoms with E-state index >= 15 is 0 Å². The summed E-state index contributed by atoms with van der Waals surface area (Å²) in [7, 11) is 1.85. The molecule has 5 heteroatoms. The summed E-state index contributed by atoms with van der Waals surface area (Å²) in [6, 6.07) is 4.17. The molecular weight excluding hydrogens is 236 g/mol. The van der Waals surface area contributed by atoms with Crippen molar-refractivity contribution in [3.05, 3.63) is 39.9 Å². The fourth-order valence-electron chi connectivity index (χ4n) is 1.95. The van der Waals surface area contributed by atoms with E-state index in [-0.39, 0.29) is 0 Å². The maximum Gasteiger partial charge on any atom is 0.132 e. The fourth-order valence-corrected chi connectivity index (χ4v) is 2.19. The van der Waals surface area contributed by atoms with Crippen molar-refractivity contribution < 1.29 is 0 Å². The smallest absolute Gasteiger partial charge is 0.132 e. The normalized spacial score (nSPS) is 10.9. The van der Waals surface area contributed by atoms with Crippen LogP contribution in [0.1, 0.15) is 22.6 Å². The van der Waals surface area contributed by atoms with Crippen LogP contribution in [-0.4, -0.2) is 14.5 Å². The van der Waals surface area contributed by atoms with Gasteiger partial charge >= 0.3 is 0 Å². The monoisotopic (exact) mass is 252 g/mol. The van der Waals surface area contributed by atoms with Gasteiger partial charge in [-0.2, -0.15) is 5.10 Å². The molecule has 0 saturated carbocycles. The molecule has 92 valence electrons. The molecule has 0 aromatic carbocycles. The van der Waals surface area contributed by atoms with Gasteiger partial charge in [-0.1, -0.05) is 11.6 Å². The van der Waals surface area contributed by atoms with Crippen LogP contribution in [-0.2, 0) is 13.6 Å². The highest BCUT2D eigenvalue weighted by molar-refractivity contribution is 6.30. The van der Waals surface area contributed by atoms with Gasteiger partial charge in [0.1, 0.15) is 5.15 Å². The Morgan fingerprint density at radius 1 is 1.24 bits per heavy atom. The lowest BCUT2D eigenvalue weighted by atomic mass is 10.3. The zero-order valence-corrected chi connectivity index (χ0v) is 11.3. The van der Waals surface area contributed by atoms with Gasteiger partial charge in [-0.3, -0.25) is 9.36 Å². The first-order valence-corrected chi connectivity index (χ1v) is 5.95. The summed E-state index contributed by atoms with van der Waals surface area (Å²) in [5, 5.41) is 4.98. The second kappa shape index (κ2) is 4.45. The van der Waals surface area contributed by atoms with Crippen LogP contribution in [0.4, 0.5) is 0 Å². The molecule has 2 heterocycles. The lowest BCUT2D eigenvalue weighted by Gasteiger charge is -2.12. The zero-order chi connectivity index (χ0) is 12.6. The molecule has 0 aliphatic heterocycles. The van der Waals surface area contributed by atoms with E-state index in [4.69, 9.17) is 11.6 Å². The van der Waals surface area contributed by atoms with Crippen LogP contribution in [0.5, 0.6) is 0 Å². The molecule has 4 nitrogen and oxygen atoms in total. The van der Waals surface area contributed by atoms with Gasteiger partial charge in [0.25, 0.3) is 0 Å². The van der Waals surface area contributed by atoms with E-state index in [1.165, 1.54) is 11.4 Å². The number of aryl methyl sites for hydroxylation is 4. The Bertz CT molecular complexity index is 519. The maximum atomic E-state index is 6.19. The quantitative estimate of drug-likeness (QED) is 0.911. The van der Waals surface area contributed by atoms with Crippen LogP contribution in [0.3, 0.4) is 0 Å². The minimum absolute atomic E-state index is 0.675. The Kier molecular flexibility index (Phi) is 3.15. The highest BCUT2D eigenvalue weighted by atomic mass is 35.5. The van der Waals surface area contributed by atoms with Gasteiger partial charge in [0.05, 0.1) is 12.2 Å². The fraction of sp³-hybridized carbons (Fsp3) is 0.417. The molecule has 0 saturated heterocycles. The topological polar surface area (TPSA) is 34.8 Å². The van der Waals surface area contributed by atoms with Gasteiger partial charge in [0.2, 0.25) is 0 Å². The highest BCUT2D eigenvalue weighted by Gasteiger charge is 2.11. The summed E-state index contributed by atoms with van der Waals surface area (Å²) >= 11 is 6.19. The number of hydrogen-bond acceptors (Lipinski definition) is 2. The molecule has 0 bridgehead atoms. The summed E-state index contributed by atoms with van der Waals surface area (Å²) in [6.07, 6.45) is 0. The van der Waals surface area contributed by atoms with Crippen LogP contribution in [0, 0.1) is 20.8 Å². The molecule has 2 aromatic heterocycles. The number of rotatable bonds is 3. The molecule has 0 unspecified atom stereocenters. The van der Waals surface area contributed by atoms with Crippen LogP contribution < -0.4 is 5.43 Å². The Balaban J connectivity index is 2.18. The van der Waals surface area contributed by atoms with Crippen LogP contribution in [0.15, 0.2) is 12.1 Å². The van der Waals surface area contributed by atoms with Crippen LogP contribution in [0.25, 0.3) is 0 Å². The second-order valence-electron chi connectivity index (χ2n) is 4.26. The first kappa shape index (κ1) is 12.0. The number of nitrogens with one attached hydrogen (secondary N) is 1. The molecular formula is C12H17ClN4. The lowest BCUT2D eigenvalue weighted by Crippen LogP contribution is -2.17. The van der Waals surface area contributed by atoms with Gasteiger partial charge < -0.3 is 5.43 Å². The lowest BCUT2D eigenvalue weighted by molar-refractivity contribution is 0.757. The third-order valence-corrected chi connectivity index (χ3v) is 3.43. The third kappa shape index (κ3) is 2.17. The summed E-state index contributed by atoms with van der Waals surface area (Å²) in [5.74, 6) is 0. The Labute approximate surface area is 106 Å². The zero-order valence-electron chi connectivity index (χ0n) is 10.6. The van der Waals surface area contributed by atoms with Crippen molar-refractivity contribution >= 4 is 11.6 Å². The number of aromatic nitrogens is 3. The van der Waals surface area contributed by atoms with Crippen molar-refractivity contribution in [1.29, 1.82) is 0 Å². The van der Waals surface area contributed by atoms with E-state index in [0.29, 0.717) is 11.7 Å². The molecule has 0 atom stereocenters. The average molecular weight is 253 g/mol. The standard InChI is InChI=1S/C12H17ClN4/c1-8-5-6-9(2)17(8)14-7-11-10(3)15-16(4)12(11)13/h5-6,14H,7H2,1-4H3. The molecule has 2 rings (SSSR count). The predicted octanol–water partition coefficient (Wildman–Crippen LogP) is 2.54. The molecule has 0 aliphatic rings. The molecule has 0 spiro atoms. The van der Waals surface area contributed by atoms with Crippen molar-refractivity contribution in [1.82, 2.24) is 14.5 Å². The number of nitrogens with zero attached hydrogens (tertiary/aromatic N) is 3. The van der Waals surface area contributed by atoms with E-state index in [1.807, 2.05) is 14.0 Å². The van der Waals surface area contributed by atoms with Crippen LogP contribution >= 0.6 is 11.6 Å².